The molecule has 0 saturated heterocycles. The Kier molecular flexibility index (Phi) is 5.10. The van der Waals surface area contributed by atoms with Crippen LogP contribution < -0.4 is 0 Å². The maximum Gasteiger partial charge on any atom is 0.134 e. The Balaban J connectivity index is 2.16. The van der Waals surface area contributed by atoms with Crippen molar-refractivity contribution in [1.29, 1.82) is 0 Å². The number of phenols is 1. The molecule has 0 radical (unpaired) electrons. The molecule has 0 aromatic heterocycles. The minimum Gasteiger partial charge on any atom is -0.506 e. The lowest BCUT2D eigenvalue weighted by Gasteiger charge is -2.27. The van der Waals surface area contributed by atoms with E-state index in [0.29, 0.717) is 11.8 Å². The summed E-state index contributed by atoms with van der Waals surface area (Å²) in [5, 5.41) is 10.1. The highest BCUT2D eigenvalue weighted by Gasteiger charge is 2.22. The summed E-state index contributed by atoms with van der Waals surface area (Å²) >= 11 is 6.88. The fourth-order valence-electron chi connectivity index (χ4n) is 2.73. The summed E-state index contributed by atoms with van der Waals surface area (Å²) in [7, 11) is 0. The van der Waals surface area contributed by atoms with Crippen LogP contribution in [0.15, 0.2) is 21.1 Å². The molecule has 1 N–H and O–H groups in total. The fraction of sp³-hybridized carbons (Fsp3) is 0.571. The summed E-state index contributed by atoms with van der Waals surface area (Å²) < 4.78 is 1.76. The average Bonchev–Trinajstić information content (AvgIpc) is 2.85. The van der Waals surface area contributed by atoms with Crippen molar-refractivity contribution in [2.75, 3.05) is 6.54 Å². The maximum absolute atomic E-state index is 10.1. The zero-order valence-electron chi connectivity index (χ0n) is 10.6. The Bertz CT molecular complexity index is 417. The summed E-state index contributed by atoms with van der Waals surface area (Å²) in [6.45, 7) is 4.06. The van der Waals surface area contributed by atoms with Crippen LogP contribution in [0.3, 0.4) is 0 Å². The Morgan fingerprint density at radius 2 is 1.94 bits per heavy atom. The van der Waals surface area contributed by atoms with Crippen molar-refractivity contribution >= 4 is 31.9 Å². The molecule has 1 aliphatic rings. The summed E-state index contributed by atoms with van der Waals surface area (Å²) in [6.07, 6.45) is 5.28. The van der Waals surface area contributed by atoms with Crippen LogP contribution in [0.4, 0.5) is 0 Å². The van der Waals surface area contributed by atoms with E-state index in [9.17, 15) is 5.11 Å². The maximum atomic E-state index is 10.1. The first-order valence-corrected chi connectivity index (χ1v) is 8.11. The Hall–Kier alpha value is -0.0600. The van der Waals surface area contributed by atoms with Gasteiger partial charge in [0.2, 0.25) is 0 Å². The van der Waals surface area contributed by atoms with Crippen LogP contribution >= 0.6 is 31.9 Å². The molecule has 100 valence electrons. The molecule has 0 bridgehead atoms. The molecule has 0 spiro atoms. The molecule has 1 aromatic carbocycles. The Morgan fingerprint density at radius 1 is 1.28 bits per heavy atom. The normalized spacial score (nSPS) is 16.7. The number of hydrogen-bond acceptors (Lipinski definition) is 2. The molecule has 1 saturated carbocycles. The second-order valence-electron chi connectivity index (χ2n) is 4.90. The number of halogens is 2. The van der Waals surface area contributed by atoms with Gasteiger partial charge < -0.3 is 5.11 Å². The van der Waals surface area contributed by atoms with Gasteiger partial charge in [-0.2, -0.15) is 0 Å². The molecule has 2 nitrogen and oxygen atoms in total. The predicted molar refractivity (Wildman–Crippen MR) is 81.8 cm³/mol. The quantitative estimate of drug-likeness (QED) is 0.824. The molecule has 18 heavy (non-hydrogen) atoms. The molecule has 0 unspecified atom stereocenters. The first-order valence-electron chi connectivity index (χ1n) is 6.52. The zero-order chi connectivity index (χ0) is 13.1. The largest absolute Gasteiger partial charge is 0.506 e. The van der Waals surface area contributed by atoms with E-state index in [0.717, 1.165) is 27.6 Å². The molecule has 0 aliphatic heterocycles. The lowest BCUT2D eigenvalue weighted by Crippen LogP contribution is -2.32. The number of nitrogens with zero attached hydrogens (tertiary/aromatic N) is 1. The van der Waals surface area contributed by atoms with Crippen molar-refractivity contribution in [1.82, 2.24) is 4.90 Å². The van der Waals surface area contributed by atoms with Crippen molar-refractivity contribution < 1.29 is 5.11 Å². The van der Waals surface area contributed by atoms with Crippen LogP contribution in [-0.4, -0.2) is 22.6 Å². The van der Waals surface area contributed by atoms with Gasteiger partial charge in [-0.15, -0.1) is 0 Å². The summed E-state index contributed by atoms with van der Waals surface area (Å²) in [5.41, 5.74) is 0.991. The third-order valence-electron chi connectivity index (χ3n) is 3.73. The van der Waals surface area contributed by atoms with Crippen LogP contribution in [0.2, 0.25) is 0 Å². The number of benzene rings is 1. The van der Waals surface area contributed by atoms with Gasteiger partial charge in [-0.25, -0.2) is 0 Å². The first-order chi connectivity index (χ1) is 8.61. The summed E-state index contributed by atoms with van der Waals surface area (Å²) in [4.78, 5) is 2.47. The minimum absolute atomic E-state index is 0.370. The number of rotatable bonds is 4. The van der Waals surface area contributed by atoms with Crippen molar-refractivity contribution in [3.05, 3.63) is 26.6 Å². The SMILES string of the molecule is CCN(Cc1cc(Br)cc(Br)c1O)C1CCCC1. The van der Waals surface area contributed by atoms with Crippen LogP contribution in [0.1, 0.15) is 38.2 Å². The topological polar surface area (TPSA) is 23.5 Å². The van der Waals surface area contributed by atoms with E-state index in [1.807, 2.05) is 12.1 Å². The van der Waals surface area contributed by atoms with Gasteiger partial charge in [0.05, 0.1) is 4.47 Å². The molecule has 0 amide bonds. The molecule has 4 heteroatoms. The van der Waals surface area contributed by atoms with Gasteiger partial charge >= 0.3 is 0 Å². The van der Waals surface area contributed by atoms with Gasteiger partial charge in [-0.05, 0) is 47.4 Å². The van der Waals surface area contributed by atoms with Crippen LogP contribution in [0.25, 0.3) is 0 Å². The first kappa shape index (κ1) is 14.4. The number of aromatic hydroxyl groups is 1. The highest BCUT2D eigenvalue weighted by atomic mass is 79.9. The fourth-order valence-corrected chi connectivity index (χ4v) is 4.04. The Morgan fingerprint density at radius 3 is 2.56 bits per heavy atom. The van der Waals surface area contributed by atoms with E-state index >= 15 is 0 Å². The van der Waals surface area contributed by atoms with Gasteiger partial charge in [-0.3, -0.25) is 4.90 Å². The van der Waals surface area contributed by atoms with Crippen molar-refractivity contribution in [2.45, 2.75) is 45.2 Å². The molecule has 0 heterocycles. The predicted octanol–water partition coefficient (Wildman–Crippen LogP) is 4.68. The molecular formula is C14H19Br2NO. The van der Waals surface area contributed by atoms with E-state index in [1.165, 1.54) is 25.7 Å². The summed E-state index contributed by atoms with van der Waals surface area (Å²) in [6, 6.07) is 4.58. The second kappa shape index (κ2) is 6.40. The highest BCUT2D eigenvalue weighted by molar-refractivity contribution is 9.11. The smallest absolute Gasteiger partial charge is 0.134 e. The van der Waals surface area contributed by atoms with Gasteiger partial charge in [0, 0.05) is 22.6 Å². The zero-order valence-corrected chi connectivity index (χ0v) is 13.8. The van der Waals surface area contributed by atoms with Crippen LogP contribution in [0, 0.1) is 0 Å². The molecule has 1 aromatic rings. The van der Waals surface area contributed by atoms with E-state index in [4.69, 9.17) is 0 Å². The molecule has 1 fully saturated rings. The van der Waals surface area contributed by atoms with E-state index < -0.39 is 0 Å². The monoisotopic (exact) mass is 375 g/mol. The van der Waals surface area contributed by atoms with Gasteiger partial charge in [0.25, 0.3) is 0 Å². The standard InChI is InChI=1S/C14H19Br2NO/c1-2-17(12-5-3-4-6-12)9-10-7-11(15)8-13(16)14(10)18/h7-8,12,18H,2-6,9H2,1H3. The van der Waals surface area contributed by atoms with E-state index in [2.05, 4.69) is 43.7 Å². The average molecular weight is 377 g/mol. The summed E-state index contributed by atoms with van der Waals surface area (Å²) in [5.74, 6) is 0.370. The second-order valence-corrected chi connectivity index (χ2v) is 6.67. The van der Waals surface area contributed by atoms with Crippen molar-refractivity contribution in [2.24, 2.45) is 0 Å². The van der Waals surface area contributed by atoms with E-state index in [-0.39, 0.29) is 0 Å². The van der Waals surface area contributed by atoms with Crippen LogP contribution in [0.5, 0.6) is 5.75 Å². The minimum atomic E-state index is 0.370. The van der Waals surface area contributed by atoms with Crippen molar-refractivity contribution in [3.8, 4) is 5.75 Å². The molecular weight excluding hydrogens is 358 g/mol. The Labute approximate surface area is 126 Å². The lowest BCUT2D eigenvalue weighted by atomic mass is 10.1. The van der Waals surface area contributed by atoms with E-state index in [1.54, 1.807) is 0 Å². The van der Waals surface area contributed by atoms with Gasteiger partial charge in [0.1, 0.15) is 5.75 Å². The molecule has 2 rings (SSSR count). The van der Waals surface area contributed by atoms with Crippen LogP contribution in [-0.2, 0) is 6.54 Å². The number of hydrogen-bond donors (Lipinski definition) is 1. The third kappa shape index (κ3) is 3.28. The number of phenolic OH excluding ortho intramolecular Hbond substituents is 1. The van der Waals surface area contributed by atoms with Gasteiger partial charge in [0.15, 0.2) is 0 Å². The molecule has 1 aliphatic carbocycles. The van der Waals surface area contributed by atoms with Gasteiger partial charge in [-0.1, -0.05) is 35.7 Å². The molecule has 0 atom stereocenters. The lowest BCUT2D eigenvalue weighted by molar-refractivity contribution is 0.198. The third-order valence-corrected chi connectivity index (χ3v) is 4.79. The van der Waals surface area contributed by atoms with Crippen molar-refractivity contribution in [3.63, 3.8) is 0 Å². The highest BCUT2D eigenvalue weighted by Crippen LogP contribution is 2.34.